The Morgan fingerprint density at radius 2 is 1.76 bits per heavy atom. The molecule has 0 aromatic heterocycles. The highest BCUT2D eigenvalue weighted by molar-refractivity contribution is 6.74. The molecular formula is C28H42O5Si. The van der Waals surface area contributed by atoms with Gasteiger partial charge in [-0.05, 0) is 63.4 Å². The lowest BCUT2D eigenvalue weighted by molar-refractivity contribution is -0.147. The molecule has 0 aliphatic heterocycles. The van der Waals surface area contributed by atoms with E-state index in [0.29, 0.717) is 11.5 Å². The van der Waals surface area contributed by atoms with E-state index in [1.807, 2.05) is 19.9 Å². The number of carbonyl (C=O) groups excluding carboxylic acids is 1. The van der Waals surface area contributed by atoms with E-state index in [4.69, 9.17) is 18.6 Å². The number of rotatable bonds is 11. The maximum Gasteiger partial charge on any atom is 0.310 e. The van der Waals surface area contributed by atoms with Gasteiger partial charge in [-0.15, -0.1) is 17.8 Å². The van der Waals surface area contributed by atoms with Crippen molar-refractivity contribution >= 4 is 14.3 Å². The second-order valence-electron chi connectivity index (χ2n) is 9.85. The van der Waals surface area contributed by atoms with Gasteiger partial charge in [0.05, 0.1) is 26.7 Å². The van der Waals surface area contributed by atoms with Gasteiger partial charge in [0.1, 0.15) is 17.6 Å². The van der Waals surface area contributed by atoms with Gasteiger partial charge in [-0.1, -0.05) is 26.7 Å². The molecule has 1 aromatic rings. The van der Waals surface area contributed by atoms with Crippen LogP contribution in [0, 0.1) is 23.7 Å². The van der Waals surface area contributed by atoms with Crippen LogP contribution in [0.2, 0.25) is 18.1 Å². The third-order valence-corrected chi connectivity index (χ3v) is 10.6. The zero-order valence-electron chi connectivity index (χ0n) is 22.7. The van der Waals surface area contributed by atoms with Crippen molar-refractivity contribution in [3.05, 3.63) is 23.3 Å². The number of hydrogen-bond donors (Lipinski definition) is 0. The molecule has 0 heterocycles. The number of carbonyl (C=O) groups is 1. The van der Waals surface area contributed by atoms with E-state index in [9.17, 15) is 4.79 Å². The van der Waals surface area contributed by atoms with Gasteiger partial charge in [0.2, 0.25) is 0 Å². The Kier molecular flexibility index (Phi) is 11.7. The predicted molar refractivity (Wildman–Crippen MR) is 141 cm³/mol. The van der Waals surface area contributed by atoms with E-state index in [1.54, 1.807) is 27.2 Å². The summed E-state index contributed by atoms with van der Waals surface area (Å²) >= 11 is 0. The molecular weight excluding hydrogens is 444 g/mol. The van der Waals surface area contributed by atoms with Crippen molar-refractivity contribution in [1.82, 2.24) is 0 Å². The van der Waals surface area contributed by atoms with Crippen molar-refractivity contribution in [3.63, 3.8) is 0 Å². The Morgan fingerprint density at radius 3 is 2.29 bits per heavy atom. The monoisotopic (exact) mass is 486 g/mol. The Bertz CT molecular complexity index is 938. The molecule has 0 aliphatic carbocycles. The minimum absolute atomic E-state index is 0.00292. The normalized spacial score (nSPS) is 13.0. The van der Waals surface area contributed by atoms with Crippen LogP contribution in [0.4, 0.5) is 0 Å². The summed E-state index contributed by atoms with van der Waals surface area (Å²) in [5.74, 6) is 13.0. The molecule has 2 atom stereocenters. The van der Waals surface area contributed by atoms with Gasteiger partial charge in [0.15, 0.2) is 8.32 Å². The molecule has 0 N–H and O–H groups in total. The van der Waals surface area contributed by atoms with Crippen LogP contribution < -0.4 is 9.47 Å². The predicted octanol–water partition coefficient (Wildman–Crippen LogP) is 6.46. The second kappa shape index (κ2) is 13.5. The van der Waals surface area contributed by atoms with E-state index in [1.165, 1.54) is 0 Å². The van der Waals surface area contributed by atoms with Crippen molar-refractivity contribution < 1.29 is 23.4 Å². The number of benzene rings is 1. The topological polar surface area (TPSA) is 54.0 Å². The maximum absolute atomic E-state index is 12.9. The Hall–Kier alpha value is -2.41. The minimum atomic E-state index is -2.17. The van der Waals surface area contributed by atoms with E-state index in [-0.39, 0.29) is 23.5 Å². The zero-order chi connectivity index (χ0) is 25.9. The number of hydrogen-bond acceptors (Lipinski definition) is 5. The van der Waals surface area contributed by atoms with Gasteiger partial charge in [-0.2, -0.15) is 0 Å². The first-order chi connectivity index (χ1) is 15.9. The van der Waals surface area contributed by atoms with Crippen LogP contribution in [0.1, 0.15) is 78.0 Å². The molecule has 0 spiro atoms. The fraction of sp³-hybridized carbons (Fsp3) is 0.607. The number of methoxy groups -OCH3 is 2. The van der Waals surface area contributed by atoms with Crippen LogP contribution in [0.25, 0.3) is 0 Å². The summed E-state index contributed by atoms with van der Waals surface area (Å²) < 4.78 is 23.6. The first kappa shape index (κ1) is 29.6. The molecule has 0 saturated carbocycles. The van der Waals surface area contributed by atoms with E-state index in [2.05, 4.69) is 57.5 Å². The van der Waals surface area contributed by atoms with Crippen molar-refractivity contribution in [1.29, 1.82) is 0 Å². The molecule has 0 fully saturated rings. The number of ether oxygens (including phenoxy) is 3. The van der Waals surface area contributed by atoms with Crippen LogP contribution in [0.3, 0.4) is 0 Å². The minimum Gasteiger partial charge on any atom is -0.497 e. The lowest BCUT2D eigenvalue weighted by atomic mass is 9.98. The molecule has 6 heteroatoms. The van der Waals surface area contributed by atoms with Crippen molar-refractivity contribution in [2.24, 2.45) is 0 Å². The van der Waals surface area contributed by atoms with Gasteiger partial charge in [0.25, 0.3) is 0 Å². The largest absolute Gasteiger partial charge is 0.497 e. The summed E-state index contributed by atoms with van der Waals surface area (Å²) in [6, 6.07) is 3.65. The summed E-state index contributed by atoms with van der Waals surface area (Å²) in [6.45, 7) is 16.5. The Balaban J connectivity index is 3.33. The van der Waals surface area contributed by atoms with E-state index < -0.39 is 14.4 Å². The van der Waals surface area contributed by atoms with Gasteiger partial charge in [0, 0.05) is 18.1 Å². The molecule has 34 heavy (non-hydrogen) atoms. The van der Waals surface area contributed by atoms with E-state index >= 15 is 0 Å². The second-order valence-corrected chi connectivity index (χ2v) is 14.6. The highest BCUT2D eigenvalue weighted by Gasteiger charge is 2.40. The highest BCUT2D eigenvalue weighted by Crippen LogP contribution is 2.43. The lowest BCUT2D eigenvalue weighted by Crippen LogP contribution is -2.41. The standard InChI is InChI=1S/C28H42O5Si/c1-11-13-14-15-17-21(3)32-26(29)19-22-18-23(30-7)20-25(31-8)27(22)24(16-12-2)33-34(9,10)28(4,5)6/h18,20-21,24H,14-15,17,19H2,1-10H3/t21-,24?/m0/s1. The van der Waals surface area contributed by atoms with Crippen LogP contribution in [-0.2, 0) is 20.4 Å². The van der Waals surface area contributed by atoms with E-state index in [0.717, 1.165) is 30.4 Å². The fourth-order valence-corrected chi connectivity index (χ4v) is 4.35. The van der Waals surface area contributed by atoms with Crippen LogP contribution in [0.5, 0.6) is 11.5 Å². The van der Waals surface area contributed by atoms with Crippen molar-refractivity contribution in [2.45, 2.75) is 97.6 Å². The smallest absolute Gasteiger partial charge is 0.310 e. The molecule has 0 amide bonds. The average Bonchev–Trinajstić information content (AvgIpc) is 2.74. The number of unbranched alkanes of at least 4 members (excludes halogenated alkanes) is 1. The van der Waals surface area contributed by atoms with Crippen molar-refractivity contribution in [2.75, 3.05) is 14.2 Å². The fourth-order valence-electron chi connectivity index (χ4n) is 3.23. The lowest BCUT2D eigenvalue weighted by Gasteiger charge is -2.38. The van der Waals surface area contributed by atoms with Gasteiger partial charge < -0.3 is 18.6 Å². The van der Waals surface area contributed by atoms with Gasteiger partial charge in [-0.25, -0.2) is 0 Å². The molecule has 1 rings (SSSR count). The summed E-state index contributed by atoms with van der Waals surface area (Å²) in [5, 5.41) is -0.00292. The summed E-state index contributed by atoms with van der Waals surface area (Å²) in [6.07, 6.45) is 1.83. The highest BCUT2D eigenvalue weighted by atomic mass is 28.4. The quantitative estimate of drug-likeness (QED) is 0.156. The molecule has 1 unspecified atom stereocenters. The Labute approximate surface area is 208 Å². The van der Waals surface area contributed by atoms with Crippen LogP contribution >= 0.6 is 0 Å². The molecule has 0 radical (unpaired) electrons. The van der Waals surface area contributed by atoms with Crippen LogP contribution in [-0.4, -0.2) is 34.6 Å². The zero-order valence-corrected chi connectivity index (χ0v) is 23.7. The summed E-state index contributed by atoms with van der Waals surface area (Å²) in [5.41, 5.74) is 1.49. The first-order valence-corrected chi connectivity index (χ1v) is 14.7. The summed E-state index contributed by atoms with van der Waals surface area (Å²) in [4.78, 5) is 12.9. The third-order valence-electron chi connectivity index (χ3n) is 6.17. The molecule has 188 valence electrons. The first-order valence-electron chi connectivity index (χ1n) is 11.8. The molecule has 5 nitrogen and oxygen atoms in total. The summed E-state index contributed by atoms with van der Waals surface area (Å²) in [7, 11) is 1.02. The van der Waals surface area contributed by atoms with Gasteiger partial charge >= 0.3 is 5.97 Å². The molecule has 0 saturated heterocycles. The van der Waals surface area contributed by atoms with Crippen molar-refractivity contribution in [3.8, 4) is 35.2 Å². The number of esters is 1. The maximum atomic E-state index is 12.9. The SMILES string of the molecule is CC#CCCC[C@H](C)OC(=O)Cc1cc(OC)cc(OC)c1C(C#CC)O[Si](C)(C)C(C)(C)C. The third kappa shape index (κ3) is 8.74. The molecule has 1 aromatic carbocycles. The molecule has 0 bridgehead atoms. The average molecular weight is 487 g/mol. The molecule has 0 aliphatic rings. The Morgan fingerprint density at radius 1 is 1.09 bits per heavy atom. The van der Waals surface area contributed by atoms with Crippen LogP contribution in [0.15, 0.2) is 12.1 Å². The van der Waals surface area contributed by atoms with Gasteiger partial charge in [-0.3, -0.25) is 4.79 Å².